The molecule has 0 fully saturated rings. The Morgan fingerprint density at radius 3 is 2.50 bits per heavy atom. The van der Waals surface area contributed by atoms with Crippen LogP contribution in [0.15, 0.2) is 21.7 Å². The van der Waals surface area contributed by atoms with Crippen LogP contribution in [-0.2, 0) is 0 Å². The summed E-state index contributed by atoms with van der Waals surface area (Å²) in [6.45, 7) is 11.0. The molecule has 0 unspecified atom stereocenters. The first kappa shape index (κ1) is 11.2. The Morgan fingerprint density at radius 1 is 1.36 bits per heavy atom. The Bertz CT molecular complexity index is 320. The first-order chi connectivity index (χ1) is 6.41. The Balaban J connectivity index is 2.94. The number of nitrogens with zero attached hydrogens (tertiary/aromatic N) is 1. The van der Waals surface area contributed by atoms with E-state index in [1.54, 1.807) is 6.26 Å². The molecule has 0 N–H and O–H groups in total. The average molecular weight is 209 g/mol. The molecule has 0 spiro atoms. The van der Waals surface area contributed by atoms with Crippen LogP contribution in [0.3, 0.4) is 0 Å². The van der Waals surface area contributed by atoms with E-state index in [2.05, 4.69) is 38.5 Å². The standard InChI is InChI=1S/C11H19NOSi/c1-9(2)12-8-10-6-7-13-11(10)14(3,4)5/h6-9H,1-5H3/b12-8+. The van der Waals surface area contributed by atoms with E-state index in [1.807, 2.05) is 12.3 Å². The van der Waals surface area contributed by atoms with Crippen molar-refractivity contribution in [3.63, 3.8) is 0 Å². The Kier molecular flexibility index (Phi) is 3.32. The van der Waals surface area contributed by atoms with Crippen molar-refractivity contribution in [2.75, 3.05) is 0 Å². The summed E-state index contributed by atoms with van der Waals surface area (Å²) in [4.78, 5) is 4.38. The zero-order valence-corrected chi connectivity index (χ0v) is 10.7. The van der Waals surface area contributed by atoms with Gasteiger partial charge in [-0.05, 0) is 19.9 Å². The highest BCUT2D eigenvalue weighted by Crippen LogP contribution is 2.06. The van der Waals surface area contributed by atoms with Gasteiger partial charge in [-0.15, -0.1) is 0 Å². The highest BCUT2D eigenvalue weighted by atomic mass is 28.3. The second-order valence-electron chi connectivity index (χ2n) is 4.83. The lowest BCUT2D eigenvalue weighted by Gasteiger charge is -2.13. The minimum Gasteiger partial charge on any atom is -0.474 e. The van der Waals surface area contributed by atoms with Gasteiger partial charge in [0.2, 0.25) is 0 Å². The maximum absolute atomic E-state index is 5.53. The topological polar surface area (TPSA) is 25.5 Å². The Morgan fingerprint density at radius 2 is 2.00 bits per heavy atom. The zero-order chi connectivity index (χ0) is 10.8. The van der Waals surface area contributed by atoms with Crippen LogP contribution in [0.25, 0.3) is 0 Å². The van der Waals surface area contributed by atoms with Crippen molar-refractivity contribution in [2.24, 2.45) is 4.99 Å². The molecule has 0 saturated carbocycles. The van der Waals surface area contributed by atoms with Crippen LogP contribution < -0.4 is 5.38 Å². The van der Waals surface area contributed by atoms with Gasteiger partial charge in [-0.2, -0.15) is 0 Å². The summed E-state index contributed by atoms with van der Waals surface area (Å²) in [5.41, 5.74) is 1.15. The Hall–Kier alpha value is -0.833. The van der Waals surface area contributed by atoms with E-state index in [4.69, 9.17) is 4.42 Å². The molecule has 0 aliphatic carbocycles. The van der Waals surface area contributed by atoms with Crippen LogP contribution in [0.5, 0.6) is 0 Å². The highest BCUT2D eigenvalue weighted by Gasteiger charge is 2.23. The summed E-state index contributed by atoms with van der Waals surface area (Å²) in [6, 6.07) is 2.35. The molecule has 78 valence electrons. The predicted octanol–water partition coefficient (Wildman–Crippen LogP) is 2.65. The van der Waals surface area contributed by atoms with Gasteiger partial charge in [0.25, 0.3) is 0 Å². The van der Waals surface area contributed by atoms with Gasteiger partial charge in [-0.25, -0.2) is 0 Å². The fourth-order valence-corrected chi connectivity index (χ4v) is 2.70. The summed E-state index contributed by atoms with van der Waals surface area (Å²) < 4.78 is 5.53. The van der Waals surface area contributed by atoms with E-state index in [9.17, 15) is 0 Å². The molecule has 1 aromatic heterocycles. The highest BCUT2D eigenvalue weighted by molar-refractivity contribution is 6.88. The summed E-state index contributed by atoms with van der Waals surface area (Å²) in [5.74, 6) is 0. The van der Waals surface area contributed by atoms with Crippen LogP contribution in [0.2, 0.25) is 19.6 Å². The molecular formula is C11H19NOSi. The van der Waals surface area contributed by atoms with Crippen molar-refractivity contribution in [2.45, 2.75) is 39.5 Å². The zero-order valence-electron chi connectivity index (χ0n) is 9.66. The van der Waals surface area contributed by atoms with Crippen LogP contribution in [0.1, 0.15) is 19.4 Å². The van der Waals surface area contributed by atoms with Gasteiger partial charge >= 0.3 is 0 Å². The second kappa shape index (κ2) is 4.13. The maximum atomic E-state index is 5.53. The summed E-state index contributed by atoms with van der Waals surface area (Å²) in [6.07, 6.45) is 3.69. The van der Waals surface area contributed by atoms with Gasteiger partial charge in [0.1, 0.15) is 8.07 Å². The number of rotatable bonds is 3. The molecule has 2 nitrogen and oxygen atoms in total. The lowest BCUT2D eigenvalue weighted by Crippen LogP contribution is -2.38. The number of aliphatic imine (C=N–C) groups is 1. The minimum absolute atomic E-state index is 0.347. The van der Waals surface area contributed by atoms with E-state index < -0.39 is 8.07 Å². The molecule has 1 rings (SSSR count). The van der Waals surface area contributed by atoms with E-state index in [0.29, 0.717) is 6.04 Å². The van der Waals surface area contributed by atoms with Crippen molar-refractivity contribution >= 4 is 19.7 Å². The van der Waals surface area contributed by atoms with Crippen molar-refractivity contribution in [3.8, 4) is 0 Å². The monoisotopic (exact) mass is 209 g/mol. The predicted molar refractivity (Wildman–Crippen MR) is 64.4 cm³/mol. The molecule has 0 aliphatic heterocycles. The normalized spacial score (nSPS) is 13.0. The van der Waals surface area contributed by atoms with Gasteiger partial charge in [0.05, 0.1) is 11.6 Å². The second-order valence-corrected chi connectivity index (χ2v) is 9.78. The molecule has 0 aromatic carbocycles. The van der Waals surface area contributed by atoms with Crippen LogP contribution in [-0.4, -0.2) is 20.3 Å². The van der Waals surface area contributed by atoms with Gasteiger partial charge in [-0.1, -0.05) is 19.6 Å². The molecule has 0 amide bonds. The van der Waals surface area contributed by atoms with E-state index >= 15 is 0 Å². The molecule has 1 heterocycles. The van der Waals surface area contributed by atoms with Crippen molar-refractivity contribution in [1.82, 2.24) is 0 Å². The number of hydrogen-bond donors (Lipinski definition) is 0. The SMILES string of the molecule is CC(C)/N=C/c1ccoc1[Si](C)(C)C. The van der Waals surface area contributed by atoms with Crippen molar-refractivity contribution < 1.29 is 4.42 Å². The molecule has 0 saturated heterocycles. The Labute approximate surface area is 87.1 Å². The fraction of sp³-hybridized carbons (Fsp3) is 0.545. The summed E-state index contributed by atoms with van der Waals surface area (Å²) >= 11 is 0. The van der Waals surface area contributed by atoms with Crippen LogP contribution in [0, 0.1) is 0 Å². The molecule has 0 bridgehead atoms. The van der Waals surface area contributed by atoms with Gasteiger partial charge in [0, 0.05) is 17.8 Å². The lowest BCUT2D eigenvalue weighted by atomic mass is 10.3. The molecule has 0 atom stereocenters. The first-order valence-electron chi connectivity index (χ1n) is 5.02. The van der Waals surface area contributed by atoms with E-state index in [0.717, 1.165) is 10.9 Å². The van der Waals surface area contributed by atoms with E-state index in [1.165, 1.54) is 0 Å². The fourth-order valence-electron chi connectivity index (χ4n) is 1.26. The number of hydrogen-bond acceptors (Lipinski definition) is 2. The molecule has 14 heavy (non-hydrogen) atoms. The van der Waals surface area contributed by atoms with Crippen LogP contribution in [0.4, 0.5) is 0 Å². The third kappa shape index (κ3) is 2.84. The molecular weight excluding hydrogens is 190 g/mol. The average Bonchev–Trinajstić information content (AvgIpc) is 2.46. The smallest absolute Gasteiger partial charge is 0.124 e. The van der Waals surface area contributed by atoms with Crippen LogP contribution >= 0.6 is 0 Å². The van der Waals surface area contributed by atoms with Gasteiger partial charge < -0.3 is 4.42 Å². The quantitative estimate of drug-likeness (QED) is 0.555. The minimum atomic E-state index is -1.36. The summed E-state index contributed by atoms with van der Waals surface area (Å²) in [7, 11) is -1.36. The lowest BCUT2D eigenvalue weighted by molar-refractivity contribution is 0.597. The molecule has 1 aromatic rings. The third-order valence-electron chi connectivity index (χ3n) is 1.89. The molecule has 0 aliphatic rings. The van der Waals surface area contributed by atoms with Crippen molar-refractivity contribution in [1.29, 1.82) is 0 Å². The first-order valence-corrected chi connectivity index (χ1v) is 8.52. The van der Waals surface area contributed by atoms with Crippen molar-refractivity contribution in [3.05, 3.63) is 17.9 Å². The molecule has 0 radical (unpaired) electrons. The van der Waals surface area contributed by atoms with Gasteiger partial charge in [0.15, 0.2) is 0 Å². The molecule has 3 heteroatoms. The van der Waals surface area contributed by atoms with E-state index in [-0.39, 0.29) is 0 Å². The largest absolute Gasteiger partial charge is 0.474 e. The maximum Gasteiger partial charge on any atom is 0.124 e. The summed E-state index contributed by atoms with van der Waals surface area (Å²) in [5, 5.41) is 1.14. The number of furan rings is 1. The van der Waals surface area contributed by atoms with Gasteiger partial charge in [-0.3, -0.25) is 4.99 Å². The third-order valence-corrected chi connectivity index (χ3v) is 3.66.